The van der Waals surface area contributed by atoms with Crippen molar-refractivity contribution in [2.45, 2.75) is 0 Å². The Hall–Kier alpha value is -3.07. The molecule has 0 saturated carbocycles. The smallest absolute Gasteiger partial charge is 0.281 e. The van der Waals surface area contributed by atoms with Gasteiger partial charge in [0.05, 0.1) is 25.2 Å². The second-order valence-electron chi connectivity index (χ2n) is 4.83. The number of carbonyl (C=O) groups excluding carboxylic acids is 1. The molecular weight excluding hydrogens is 350 g/mol. The van der Waals surface area contributed by atoms with Crippen molar-refractivity contribution in [2.24, 2.45) is 0 Å². The minimum Gasteiger partial charge on any atom is -0.479 e. The number of amides is 1. The molecule has 3 aromatic rings. The van der Waals surface area contributed by atoms with E-state index in [1.807, 2.05) is 0 Å². The number of halogens is 2. The Morgan fingerprint density at radius 3 is 2.60 bits per heavy atom. The lowest BCUT2D eigenvalue weighted by Crippen LogP contribution is -2.28. The van der Waals surface area contributed by atoms with Crippen LogP contribution in [-0.2, 0) is 0 Å². The van der Waals surface area contributed by atoms with Crippen LogP contribution in [0.3, 0.4) is 0 Å². The highest BCUT2D eigenvalue weighted by molar-refractivity contribution is 7.16. The van der Waals surface area contributed by atoms with Gasteiger partial charge in [0.1, 0.15) is 15.7 Å². The van der Waals surface area contributed by atoms with Crippen LogP contribution in [0.1, 0.15) is 9.67 Å². The highest BCUT2D eigenvalue weighted by Crippen LogP contribution is 2.25. The van der Waals surface area contributed by atoms with Crippen LogP contribution in [0.4, 0.5) is 14.5 Å². The SMILES string of the molecule is COc1ncc(NNC(=O)c2cnc(-c3ccc(F)cc3)s2)cc1F. The molecule has 2 aromatic heterocycles. The van der Waals surface area contributed by atoms with Crippen LogP contribution in [0, 0.1) is 11.6 Å². The molecule has 25 heavy (non-hydrogen) atoms. The highest BCUT2D eigenvalue weighted by Gasteiger charge is 2.12. The fraction of sp³-hybridized carbons (Fsp3) is 0.0625. The zero-order valence-corrected chi connectivity index (χ0v) is 13.7. The van der Waals surface area contributed by atoms with Gasteiger partial charge in [-0.3, -0.25) is 15.6 Å². The number of ether oxygens (including phenoxy) is 1. The molecule has 0 atom stereocenters. The van der Waals surface area contributed by atoms with Crippen LogP contribution in [0.5, 0.6) is 5.88 Å². The van der Waals surface area contributed by atoms with E-state index >= 15 is 0 Å². The molecule has 0 aliphatic heterocycles. The molecule has 9 heteroatoms. The number of benzene rings is 1. The summed E-state index contributed by atoms with van der Waals surface area (Å²) >= 11 is 1.15. The number of nitrogens with zero attached hydrogens (tertiary/aromatic N) is 2. The minimum atomic E-state index is -0.655. The summed E-state index contributed by atoms with van der Waals surface area (Å²) in [5, 5.41) is 0.585. The molecule has 128 valence electrons. The topological polar surface area (TPSA) is 76.1 Å². The quantitative estimate of drug-likeness (QED) is 0.682. The number of rotatable bonds is 5. The lowest BCUT2D eigenvalue weighted by atomic mass is 10.2. The van der Waals surface area contributed by atoms with Crippen molar-refractivity contribution in [3.63, 3.8) is 0 Å². The van der Waals surface area contributed by atoms with Crippen LogP contribution in [0.2, 0.25) is 0 Å². The number of hydrazine groups is 1. The van der Waals surface area contributed by atoms with Gasteiger partial charge in [-0.15, -0.1) is 11.3 Å². The van der Waals surface area contributed by atoms with Gasteiger partial charge in [0, 0.05) is 11.6 Å². The molecule has 0 radical (unpaired) electrons. The molecule has 0 aliphatic carbocycles. The van der Waals surface area contributed by atoms with Crippen molar-refractivity contribution in [2.75, 3.05) is 12.5 Å². The van der Waals surface area contributed by atoms with Gasteiger partial charge in [0.15, 0.2) is 5.82 Å². The monoisotopic (exact) mass is 362 g/mol. The number of nitrogens with one attached hydrogen (secondary N) is 2. The standard InChI is InChI=1S/C16H12F2N4O2S/c1-24-15-12(18)6-11(7-19-15)21-22-14(23)13-8-20-16(25-13)9-2-4-10(17)5-3-9/h2-8,21H,1H3,(H,22,23). The fourth-order valence-corrected chi connectivity index (χ4v) is 2.76. The number of pyridine rings is 1. The van der Waals surface area contributed by atoms with E-state index < -0.39 is 11.7 Å². The Labute approximate surface area is 145 Å². The number of anilines is 1. The number of thiazole rings is 1. The molecule has 0 spiro atoms. The summed E-state index contributed by atoms with van der Waals surface area (Å²) in [7, 11) is 1.31. The number of hydrogen-bond donors (Lipinski definition) is 2. The average molecular weight is 362 g/mol. The summed E-state index contributed by atoms with van der Waals surface area (Å²) in [5.41, 5.74) is 5.96. The molecule has 0 saturated heterocycles. The second-order valence-corrected chi connectivity index (χ2v) is 5.86. The molecule has 0 fully saturated rings. The minimum absolute atomic E-state index is 0.136. The summed E-state index contributed by atoms with van der Waals surface area (Å²) in [6.07, 6.45) is 2.73. The van der Waals surface area contributed by atoms with Crippen LogP contribution in [0.25, 0.3) is 10.6 Å². The zero-order valence-electron chi connectivity index (χ0n) is 12.9. The molecular formula is C16H12F2N4O2S. The predicted molar refractivity (Wildman–Crippen MR) is 89.3 cm³/mol. The summed E-state index contributed by atoms with van der Waals surface area (Å²) in [6.45, 7) is 0. The van der Waals surface area contributed by atoms with Crippen molar-refractivity contribution in [3.8, 4) is 16.5 Å². The third-order valence-electron chi connectivity index (χ3n) is 3.14. The van der Waals surface area contributed by atoms with Crippen molar-refractivity contribution in [1.82, 2.24) is 15.4 Å². The summed E-state index contributed by atoms with van der Waals surface area (Å²) in [5.74, 6) is -1.58. The van der Waals surface area contributed by atoms with E-state index in [4.69, 9.17) is 4.74 Å². The van der Waals surface area contributed by atoms with Crippen LogP contribution >= 0.6 is 11.3 Å². The van der Waals surface area contributed by atoms with Gasteiger partial charge in [-0.2, -0.15) is 0 Å². The largest absolute Gasteiger partial charge is 0.479 e. The molecule has 2 N–H and O–H groups in total. The molecule has 1 amide bonds. The molecule has 0 aliphatic rings. The molecule has 0 bridgehead atoms. The first-order valence-electron chi connectivity index (χ1n) is 7.04. The first-order valence-corrected chi connectivity index (χ1v) is 7.86. The Balaban J connectivity index is 1.66. The lowest BCUT2D eigenvalue weighted by molar-refractivity contribution is 0.0966. The Bertz CT molecular complexity index is 899. The van der Waals surface area contributed by atoms with Gasteiger partial charge >= 0.3 is 0 Å². The average Bonchev–Trinajstić information content (AvgIpc) is 3.10. The van der Waals surface area contributed by atoms with E-state index in [9.17, 15) is 13.6 Å². The van der Waals surface area contributed by atoms with Gasteiger partial charge < -0.3 is 4.74 Å². The number of carbonyl (C=O) groups is 1. The lowest BCUT2D eigenvalue weighted by Gasteiger charge is -2.08. The summed E-state index contributed by atoms with van der Waals surface area (Å²) in [4.78, 5) is 20.4. The maximum absolute atomic E-state index is 13.5. The molecule has 3 rings (SSSR count). The van der Waals surface area contributed by atoms with Gasteiger partial charge in [-0.25, -0.2) is 18.7 Å². The second kappa shape index (κ2) is 7.22. The molecule has 6 nitrogen and oxygen atoms in total. The third-order valence-corrected chi connectivity index (χ3v) is 4.19. The maximum atomic E-state index is 13.5. The maximum Gasteiger partial charge on any atom is 0.281 e. The summed E-state index contributed by atoms with van der Waals surface area (Å²) in [6, 6.07) is 6.95. The van der Waals surface area contributed by atoms with E-state index in [0.29, 0.717) is 15.4 Å². The van der Waals surface area contributed by atoms with E-state index in [2.05, 4.69) is 20.8 Å². The van der Waals surface area contributed by atoms with E-state index in [-0.39, 0.29) is 17.4 Å². The number of hydrogen-bond acceptors (Lipinski definition) is 6. The van der Waals surface area contributed by atoms with Crippen molar-refractivity contribution in [3.05, 3.63) is 59.2 Å². The fourth-order valence-electron chi connectivity index (χ4n) is 1.94. The number of methoxy groups -OCH3 is 1. The Morgan fingerprint density at radius 2 is 1.92 bits per heavy atom. The van der Waals surface area contributed by atoms with Crippen LogP contribution in [-0.4, -0.2) is 23.0 Å². The zero-order chi connectivity index (χ0) is 17.8. The van der Waals surface area contributed by atoms with Crippen LogP contribution in [0.15, 0.2) is 42.7 Å². The van der Waals surface area contributed by atoms with Crippen molar-refractivity contribution < 1.29 is 18.3 Å². The van der Waals surface area contributed by atoms with Crippen LogP contribution < -0.4 is 15.6 Å². The third kappa shape index (κ3) is 3.89. The molecule has 1 aromatic carbocycles. The van der Waals surface area contributed by atoms with E-state index in [1.165, 1.54) is 31.6 Å². The first-order chi connectivity index (χ1) is 12.1. The Morgan fingerprint density at radius 1 is 1.16 bits per heavy atom. The predicted octanol–water partition coefficient (Wildman–Crippen LogP) is 3.25. The number of aromatic nitrogens is 2. The van der Waals surface area contributed by atoms with Gasteiger partial charge in [0.25, 0.3) is 5.91 Å². The molecule has 2 heterocycles. The van der Waals surface area contributed by atoms with Crippen molar-refractivity contribution >= 4 is 22.9 Å². The Kier molecular flexibility index (Phi) is 4.85. The highest BCUT2D eigenvalue weighted by atomic mass is 32.1. The first kappa shape index (κ1) is 16.8. The normalized spacial score (nSPS) is 10.4. The summed E-state index contributed by atoms with van der Waals surface area (Å²) < 4.78 is 31.2. The molecule has 0 unspecified atom stereocenters. The van der Waals surface area contributed by atoms with Gasteiger partial charge in [0.2, 0.25) is 5.88 Å². The van der Waals surface area contributed by atoms with E-state index in [1.54, 1.807) is 12.1 Å². The van der Waals surface area contributed by atoms with E-state index in [0.717, 1.165) is 17.4 Å². The van der Waals surface area contributed by atoms with Gasteiger partial charge in [-0.05, 0) is 24.3 Å². The van der Waals surface area contributed by atoms with Gasteiger partial charge in [-0.1, -0.05) is 0 Å². The van der Waals surface area contributed by atoms with Crippen molar-refractivity contribution in [1.29, 1.82) is 0 Å².